The van der Waals surface area contributed by atoms with Crippen molar-refractivity contribution in [1.82, 2.24) is 0 Å². The first kappa shape index (κ1) is 21.6. The Bertz CT molecular complexity index is 1270. The lowest BCUT2D eigenvalue weighted by atomic mass is 9.83. The number of carbonyl (C=O) groups is 1. The van der Waals surface area contributed by atoms with E-state index in [1.165, 1.54) is 11.1 Å². The van der Waals surface area contributed by atoms with E-state index in [0.717, 1.165) is 58.4 Å². The Morgan fingerprint density at radius 2 is 1.33 bits per heavy atom. The SMILES string of the molecule is COc1cc2c3c(c4cc(OC)c(OC)cc4c2cc1OC)C[N@@+]1(CC(N)=O)CCC[C@@H]1C3. The fraction of sp³-hybridized carbons (Fsp3) is 0.423. The first-order chi connectivity index (χ1) is 15.9. The number of hydrogen-bond acceptors (Lipinski definition) is 5. The smallest absolute Gasteiger partial charge is 0.272 e. The summed E-state index contributed by atoms with van der Waals surface area (Å²) in [5, 5.41) is 4.44. The molecule has 0 radical (unpaired) electrons. The van der Waals surface area contributed by atoms with Gasteiger partial charge in [0, 0.05) is 24.8 Å². The number of carbonyl (C=O) groups excluding carboxylic acids is 1. The largest absolute Gasteiger partial charge is 0.493 e. The van der Waals surface area contributed by atoms with Crippen molar-refractivity contribution in [3.8, 4) is 23.0 Å². The summed E-state index contributed by atoms with van der Waals surface area (Å²) in [6.45, 7) is 2.13. The third kappa shape index (κ3) is 3.25. The Kier molecular flexibility index (Phi) is 5.24. The van der Waals surface area contributed by atoms with Crippen LogP contribution in [-0.4, -0.2) is 58.0 Å². The van der Waals surface area contributed by atoms with E-state index in [4.69, 9.17) is 24.7 Å². The molecule has 7 nitrogen and oxygen atoms in total. The first-order valence-corrected chi connectivity index (χ1v) is 11.3. The van der Waals surface area contributed by atoms with Crippen molar-refractivity contribution in [2.45, 2.75) is 31.8 Å². The Labute approximate surface area is 193 Å². The number of methoxy groups -OCH3 is 4. The number of nitrogens with two attached hydrogens (primary N) is 1. The van der Waals surface area contributed by atoms with Crippen LogP contribution in [0.2, 0.25) is 0 Å². The van der Waals surface area contributed by atoms with Crippen molar-refractivity contribution in [3.05, 3.63) is 35.4 Å². The fourth-order valence-corrected chi connectivity index (χ4v) is 6.17. The summed E-state index contributed by atoms with van der Waals surface area (Å²) in [6.07, 6.45) is 3.11. The van der Waals surface area contributed by atoms with Gasteiger partial charge in [0.2, 0.25) is 0 Å². The van der Waals surface area contributed by atoms with Crippen LogP contribution in [0.1, 0.15) is 24.0 Å². The monoisotopic (exact) mass is 451 g/mol. The van der Waals surface area contributed by atoms with Crippen LogP contribution in [0.4, 0.5) is 0 Å². The van der Waals surface area contributed by atoms with Crippen molar-refractivity contribution < 1.29 is 28.2 Å². The third-order valence-electron chi connectivity index (χ3n) is 7.65. The van der Waals surface area contributed by atoms with Gasteiger partial charge in [-0.25, -0.2) is 0 Å². The molecule has 3 aromatic carbocycles. The van der Waals surface area contributed by atoms with Crippen LogP contribution < -0.4 is 24.7 Å². The van der Waals surface area contributed by atoms with E-state index in [0.29, 0.717) is 35.6 Å². The number of benzene rings is 3. The molecule has 2 atom stereocenters. The molecule has 3 aromatic rings. The lowest BCUT2D eigenvalue weighted by molar-refractivity contribution is -0.946. The molecule has 0 aliphatic carbocycles. The minimum Gasteiger partial charge on any atom is -0.493 e. The zero-order valence-corrected chi connectivity index (χ0v) is 19.7. The van der Waals surface area contributed by atoms with E-state index in [9.17, 15) is 4.79 Å². The summed E-state index contributed by atoms with van der Waals surface area (Å²) in [4.78, 5) is 12.1. The number of hydrogen-bond donors (Lipinski definition) is 1. The van der Waals surface area contributed by atoms with Gasteiger partial charge in [-0.3, -0.25) is 4.79 Å². The summed E-state index contributed by atoms with van der Waals surface area (Å²) in [7, 11) is 6.62. The zero-order chi connectivity index (χ0) is 23.3. The van der Waals surface area contributed by atoms with Crippen LogP contribution >= 0.6 is 0 Å². The van der Waals surface area contributed by atoms with E-state index in [1.54, 1.807) is 28.4 Å². The molecule has 174 valence electrons. The number of rotatable bonds is 6. The maximum atomic E-state index is 12.1. The third-order valence-corrected chi connectivity index (χ3v) is 7.65. The Morgan fingerprint density at radius 3 is 1.82 bits per heavy atom. The molecule has 2 N–H and O–H groups in total. The molecule has 0 saturated carbocycles. The molecule has 2 aliphatic rings. The van der Waals surface area contributed by atoms with Gasteiger partial charge in [-0.05, 0) is 51.4 Å². The predicted octanol–water partition coefficient (Wildman–Crippen LogP) is 3.55. The van der Waals surface area contributed by atoms with Crippen LogP contribution in [0.3, 0.4) is 0 Å². The molecule has 0 spiro atoms. The molecule has 1 fully saturated rings. The predicted molar refractivity (Wildman–Crippen MR) is 127 cm³/mol. The number of primary amides is 1. The molecule has 1 amide bonds. The van der Waals surface area contributed by atoms with Gasteiger partial charge in [-0.2, -0.15) is 0 Å². The van der Waals surface area contributed by atoms with Crippen molar-refractivity contribution in [1.29, 1.82) is 0 Å². The number of ether oxygens (including phenoxy) is 4. The molecule has 0 bridgehead atoms. The molecular formula is C26H31N2O5+. The fourth-order valence-electron chi connectivity index (χ4n) is 6.17. The molecule has 0 unspecified atom stereocenters. The van der Waals surface area contributed by atoms with Crippen molar-refractivity contribution >= 4 is 27.5 Å². The van der Waals surface area contributed by atoms with Gasteiger partial charge in [-0.15, -0.1) is 0 Å². The minimum atomic E-state index is -0.235. The highest BCUT2D eigenvalue weighted by atomic mass is 16.5. The van der Waals surface area contributed by atoms with Crippen LogP contribution in [0.15, 0.2) is 24.3 Å². The number of quaternary nitrogens is 1. The average Bonchev–Trinajstić information content (AvgIpc) is 3.22. The summed E-state index contributed by atoms with van der Waals surface area (Å²) >= 11 is 0. The zero-order valence-electron chi connectivity index (χ0n) is 19.7. The van der Waals surface area contributed by atoms with E-state index in [1.807, 2.05) is 6.07 Å². The highest BCUT2D eigenvalue weighted by molar-refractivity contribution is 6.12. The quantitative estimate of drug-likeness (QED) is 0.458. The molecule has 1 saturated heterocycles. The number of fused-ring (bicyclic) bond motifs is 7. The van der Waals surface area contributed by atoms with Crippen LogP contribution in [-0.2, 0) is 17.8 Å². The van der Waals surface area contributed by atoms with E-state index >= 15 is 0 Å². The average molecular weight is 452 g/mol. The van der Waals surface area contributed by atoms with Crippen molar-refractivity contribution in [3.63, 3.8) is 0 Å². The summed E-state index contributed by atoms with van der Waals surface area (Å²) in [6, 6.07) is 8.64. The molecule has 33 heavy (non-hydrogen) atoms. The minimum absolute atomic E-state index is 0.235. The molecular weight excluding hydrogens is 420 g/mol. The lowest BCUT2D eigenvalue weighted by Gasteiger charge is -2.44. The first-order valence-electron chi connectivity index (χ1n) is 11.3. The lowest BCUT2D eigenvalue weighted by Crippen LogP contribution is -2.57. The van der Waals surface area contributed by atoms with Gasteiger partial charge in [-0.1, -0.05) is 0 Å². The van der Waals surface area contributed by atoms with Crippen LogP contribution in [0, 0.1) is 0 Å². The maximum absolute atomic E-state index is 12.1. The van der Waals surface area contributed by atoms with Crippen molar-refractivity contribution in [2.24, 2.45) is 5.73 Å². The molecule has 0 aromatic heterocycles. The Balaban J connectivity index is 1.87. The maximum Gasteiger partial charge on any atom is 0.272 e. The van der Waals surface area contributed by atoms with Crippen LogP contribution in [0.25, 0.3) is 21.5 Å². The highest BCUT2D eigenvalue weighted by Gasteiger charge is 2.47. The summed E-state index contributed by atoms with van der Waals surface area (Å²) in [5.74, 6) is 2.54. The molecule has 2 heterocycles. The second kappa shape index (κ2) is 7.99. The standard InChI is InChI=1S/C26H30N2O5/c1-30-22-9-17-16-8-15-6-5-7-28(15,14-26(27)29)13-21(16)20-12-25(33-4)24(32-3)11-19(20)18(17)10-23(22)31-2/h9-12,15H,5-8,13-14H2,1-4H3,(H-,27,29)/p+1/t15-,28-/m1/s1. The van der Waals surface area contributed by atoms with E-state index in [2.05, 4.69) is 18.2 Å². The molecule has 5 rings (SSSR count). The van der Waals surface area contributed by atoms with Gasteiger partial charge in [0.15, 0.2) is 29.5 Å². The van der Waals surface area contributed by atoms with E-state index < -0.39 is 0 Å². The number of amides is 1. The van der Waals surface area contributed by atoms with Gasteiger partial charge >= 0.3 is 0 Å². The normalized spacial score (nSPS) is 21.5. The molecule has 7 heteroatoms. The van der Waals surface area contributed by atoms with Crippen molar-refractivity contribution in [2.75, 3.05) is 41.5 Å². The van der Waals surface area contributed by atoms with Gasteiger partial charge in [0.1, 0.15) is 6.54 Å². The summed E-state index contributed by atoms with van der Waals surface area (Å²) < 4.78 is 23.3. The Hall–Kier alpha value is -3.19. The second-order valence-electron chi connectivity index (χ2n) is 9.19. The topological polar surface area (TPSA) is 80.0 Å². The van der Waals surface area contributed by atoms with Gasteiger partial charge in [0.05, 0.1) is 41.0 Å². The molecule has 2 aliphatic heterocycles. The van der Waals surface area contributed by atoms with E-state index in [-0.39, 0.29) is 5.91 Å². The second-order valence-corrected chi connectivity index (χ2v) is 9.19. The van der Waals surface area contributed by atoms with Gasteiger partial charge in [0.25, 0.3) is 5.91 Å². The van der Waals surface area contributed by atoms with Crippen LogP contribution in [0.5, 0.6) is 23.0 Å². The summed E-state index contributed by atoms with van der Waals surface area (Å²) in [5.41, 5.74) is 8.30. The Morgan fingerprint density at radius 1 is 0.848 bits per heavy atom. The highest BCUT2D eigenvalue weighted by Crippen LogP contribution is 2.48. The number of nitrogens with zero attached hydrogens (tertiary/aromatic N) is 1. The van der Waals surface area contributed by atoms with Gasteiger partial charge < -0.3 is 29.2 Å².